The Balaban J connectivity index is 1.76. The van der Waals surface area contributed by atoms with Crippen molar-refractivity contribution < 1.29 is 5.11 Å². The van der Waals surface area contributed by atoms with Gasteiger partial charge in [-0.3, -0.25) is 0 Å². The maximum Gasteiger partial charge on any atom is 0.0964 e. The summed E-state index contributed by atoms with van der Waals surface area (Å²) >= 11 is 0. The Hall–Kier alpha value is -0.940. The van der Waals surface area contributed by atoms with Gasteiger partial charge in [0.05, 0.1) is 18.8 Å². The Morgan fingerprint density at radius 3 is 3.17 bits per heavy atom. The largest absolute Gasteiger partial charge is 0.394 e. The lowest BCUT2D eigenvalue weighted by atomic mass is 9.84. The van der Waals surface area contributed by atoms with Gasteiger partial charge in [0.1, 0.15) is 0 Å². The van der Waals surface area contributed by atoms with Gasteiger partial charge >= 0.3 is 0 Å². The molecular weight excluding hydrogens is 228 g/mol. The van der Waals surface area contributed by atoms with Crippen LogP contribution in [0.4, 0.5) is 0 Å². The zero-order valence-electron chi connectivity index (χ0n) is 11.2. The van der Waals surface area contributed by atoms with Crippen LogP contribution in [0.1, 0.15) is 44.7 Å². The molecule has 2 atom stereocenters. The number of rotatable bonds is 6. The summed E-state index contributed by atoms with van der Waals surface area (Å²) in [5, 5.41) is 20.5. The normalized spacial score (nSPS) is 24.3. The van der Waals surface area contributed by atoms with Crippen LogP contribution in [-0.2, 0) is 13.1 Å². The molecule has 102 valence electrons. The number of nitrogens with one attached hydrogen (secondary N) is 1. The van der Waals surface area contributed by atoms with Crippen LogP contribution < -0.4 is 5.32 Å². The van der Waals surface area contributed by atoms with Crippen molar-refractivity contribution in [2.75, 3.05) is 6.61 Å². The Morgan fingerprint density at radius 1 is 1.50 bits per heavy atom. The molecule has 2 unspecified atom stereocenters. The lowest BCUT2D eigenvalue weighted by molar-refractivity contribution is 0.268. The zero-order valence-corrected chi connectivity index (χ0v) is 11.2. The van der Waals surface area contributed by atoms with Gasteiger partial charge in [0.2, 0.25) is 0 Å². The summed E-state index contributed by atoms with van der Waals surface area (Å²) in [5.74, 6) is 0.890. The second kappa shape index (κ2) is 6.85. The van der Waals surface area contributed by atoms with Crippen LogP contribution >= 0.6 is 0 Å². The molecule has 18 heavy (non-hydrogen) atoms. The van der Waals surface area contributed by atoms with Crippen molar-refractivity contribution in [3.05, 3.63) is 11.9 Å². The summed E-state index contributed by atoms with van der Waals surface area (Å²) in [6, 6.07) is 0.631. The van der Waals surface area contributed by atoms with Crippen molar-refractivity contribution in [2.24, 2.45) is 5.92 Å². The Morgan fingerprint density at radius 2 is 2.39 bits per heavy atom. The molecule has 0 amide bonds. The molecule has 1 heterocycles. The van der Waals surface area contributed by atoms with E-state index in [1.54, 1.807) is 4.68 Å². The average molecular weight is 252 g/mol. The van der Waals surface area contributed by atoms with Gasteiger partial charge in [0.25, 0.3) is 0 Å². The minimum atomic E-state index is 0.108. The summed E-state index contributed by atoms with van der Waals surface area (Å²) in [5.41, 5.74) is 0.960. The predicted octanol–water partition coefficient (Wildman–Crippen LogP) is 1.33. The smallest absolute Gasteiger partial charge is 0.0964 e. The first-order valence-electron chi connectivity index (χ1n) is 7.05. The van der Waals surface area contributed by atoms with Gasteiger partial charge in [-0.25, -0.2) is 4.68 Å². The summed E-state index contributed by atoms with van der Waals surface area (Å²) < 4.78 is 1.69. The van der Waals surface area contributed by atoms with Crippen molar-refractivity contribution in [1.82, 2.24) is 20.3 Å². The summed E-state index contributed by atoms with van der Waals surface area (Å²) in [4.78, 5) is 0. The SMILES string of the molecule is CCC1CCCC(NCc2cn(CCO)nn2)C1. The van der Waals surface area contributed by atoms with E-state index in [9.17, 15) is 0 Å². The fourth-order valence-electron chi connectivity index (χ4n) is 2.73. The minimum Gasteiger partial charge on any atom is -0.394 e. The molecule has 0 bridgehead atoms. The lowest BCUT2D eigenvalue weighted by Gasteiger charge is -2.28. The first kappa shape index (κ1) is 13.5. The summed E-state index contributed by atoms with van der Waals surface area (Å²) in [6.45, 7) is 3.70. The maximum atomic E-state index is 8.81. The van der Waals surface area contributed by atoms with Crippen molar-refractivity contribution >= 4 is 0 Å². The second-order valence-electron chi connectivity index (χ2n) is 5.22. The van der Waals surface area contributed by atoms with Crippen LogP contribution in [0.2, 0.25) is 0 Å². The van der Waals surface area contributed by atoms with Crippen LogP contribution in [0, 0.1) is 5.92 Å². The van der Waals surface area contributed by atoms with Gasteiger partial charge in [-0.1, -0.05) is 31.4 Å². The fraction of sp³-hybridized carbons (Fsp3) is 0.846. The van der Waals surface area contributed by atoms with Crippen LogP contribution in [0.15, 0.2) is 6.20 Å². The highest BCUT2D eigenvalue weighted by molar-refractivity contribution is 4.92. The standard InChI is InChI=1S/C13H24N4O/c1-2-11-4-3-5-12(8-11)14-9-13-10-17(6-7-18)16-15-13/h10-12,14,18H,2-9H2,1H3. The van der Waals surface area contributed by atoms with Gasteiger partial charge in [0.15, 0.2) is 0 Å². The third-order valence-electron chi connectivity index (χ3n) is 3.85. The first-order chi connectivity index (χ1) is 8.81. The van der Waals surface area contributed by atoms with Crippen molar-refractivity contribution in [2.45, 2.75) is 58.2 Å². The van der Waals surface area contributed by atoms with Gasteiger partial charge < -0.3 is 10.4 Å². The molecule has 0 aromatic carbocycles. The highest BCUT2D eigenvalue weighted by Gasteiger charge is 2.20. The van der Waals surface area contributed by atoms with Crippen LogP contribution in [0.5, 0.6) is 0 Å². The van der Waals surface area contributed by atoms with Crippen LogP contribution in [-0.4, -0.2) is 32.7 Å². The molecule has 5 heteroatoms. The van der Waals surface area contributed by atoms with E-state index in [4.69, 9.17) is 5.11 Å². The van der Waals surface area contributed by atoms with E-state index in [-0.39, 0.29) is 6.61 Å². The number of aliphatic hydroxyl groups is 1. The van der Waals surface area contributed by atoms with E-state index < -0.39 is 0 Å². The molecule has 1 aromatic heterocycles. The molecule has 1 aliphatic rings. The number of aliphatic hydroxyl groups excluding tert-OH is 1. The van der Waals surface area contributed by atoms with Crippen LogP contribution in [0.3, 0.4) is 0 Å². The average Bonchev–Trinajstić information content (AvgIpc) is 2.85. The first-order valence-corrected chi connectivity index (χ1v) is 7.05. The monoisotopic (exact) mass is 252 g/mol. The highest BCUT2D eigenvalue weighted by atomic mass is 16.3. The molecule has 0 radical (unpaired) electrons. The summed E-state index contributed by atoms with van der Waals surface area (Å²) in [6.07, 6.45) is 8.51. The van der Waals surface area contributed by atoms with E-state index in [2.05, 4.69) is 22.6 Å². The van der Waals surface area contributed by atoms with Gasteiger partial charge in [0, 0.05) is 18.8 Å². The molecule has 0 aliphatic heterocycles. The molecule has 2 N–H and O–H groups in total. The molecule has 1 aliphatic carbocycles. The van der Waals surface area contributed by atoms with E-state index >= 15 is 0 Å². The third-order valence-corrected chi connectivity index (χ3v) is 3.85. The lowest BCUT2D eigenvalue weighted by Crippen LogP contribution is -2.33. The highest BCUT2D eigenvalue weighted by Crippen LogP contribution is 2.26. The van der Waals surface area contributed by atoms with Crippen molar-refractivity contribution in [1.29, 1.82) is 0 Å². The zero-order chi connectivity index (χ0) is 12.8. The molecule has 5 nitrogen and oxygen atoms in total. The molecule has 1 saturated carbocycles. The molecule has 0 saturated heterocycles. The molecular formula is C13H24N4O. The molecule has 0 spiro atoms. The van der Waals surface area contributed by atoms with Crippen molar-refractivity contribution in [3.63, 3.8) is 0 Å². The van der Waals surface area contributed by atoms with Crippen molar-refractivity contribution in [3.8, 4) is 0 Å². The fourth-order valence-corrected chi connectivity index (χ4v) is 2.73. The molecule has 1 fully saturated rings. The van der Waals surface area contributed by atoms with E-state index in [1.165, 1.54) is 32.1 Å². The second-order valence-corrected chi connectivity index (χ2v) is 5.22. The van der Waals surface area contributed by atoms with Gasteiger partial charge in [-0.05, 0) is 18.8 Å². The number of hydrogen-bond acceptors (Lipinski definition) is 4. The Labute approximate surface area is 109 Å². The van der Waals surface area contributed by atoms with E-state index in [0.29, 0.717) is 12.6 Å². The predicted molar refractivity (Wildman–Crippen MR) is 70.0 cm³/mol. The Bertz CT molecular complexity index is 353. The third kappa shape index (κ3) is 3.78. The Kier molecular flexibility index (Phi) is 5.13. The molecule has 1 aromatic rings. The maximum absolute atomic E-state index is 8.81. The number of aromatic nitrogens is 3. The number of hydrogen-bond donors (Lipinski definition) is 2. The topological polar surface area (TPSA) is 63.0 Å². The number of nitrogens with zero attached hydrogens (tertiary/aromatic N) is 3. The quantitative estimate of drug-likeness (QED) is 0.801. The summed E-state index contributed by atoms with van der Waals surface area (Å²) in [7, 11) is 0. The molecule has 2 rings (SSSR count). The van der Waals surface area contributed by atoms with Gasteiger partial charge in [-0.2, -0.15) is 0 Å². The minimum absolute atomic E-state index is 0.108. The van der Waals surface area contributed by atoms with E-state index in [0.717, 1.165) is 18.2 Å². The van der Waals surface area contributed by atoms with E-state index in [1.807, 2.05) is 6.20 Å². The van der Waals surface area contributed by atoms with Crippen LogP contribution in [0.25, 0.3) is 0 Å². The van der Waals surface area contributed by atoms with Gasteiger partial charge in [-0.15, -0.1) is 5.10 Å².